The van der Waals surface area contributed by atoms with E-state index in [4.69, 9.17) is 9.53 Å². The van der Waals surface area contributed by atoms with Crippen LogP contribution < -0.4 is 9.92 Å². The minimum absolute atomic E-state index is 0.154. The largest absolute Gasteiger partial charge is 0.457 e. The fraction of sp³-hybridized carbons (Fsp3) is 0. The molecule has 21 heavy (non-hydrogen) atoms. The highest BCUT2D eigenvalue weighted by Gasteiger charge is 2.00. The average Bonchev–Trinajstić information content (AvgIpc) is 2.57. The number of hydrogen-bond donors (Lipinski definition) is 1. The lowest BCUT2D eigenvalue weighted by Crippen LogP contribution is -2.11. The highest BCUT2D eigenvalue weighted by atomic mass is 28.2. The van der Waals surface area contributed by atoms with Crippen LogP contribution in [0.4, 0.5) is 0 Å². The third kappa shape index (κ3) is 3.40. The Morgan fingerprint density at radius 2 is 1.14 bits per heavy atom. The zero-order valence-corrected chi connectivity index (χ0v) is 12.4. The van der Waals surface area contributed by atoms with Crippen LogP contribution in [-0.4, -0.2) is 14.6 Å². The van der Waals surface area contributed by atoms with E-state index in [1.807, 2.05) is 78.9 Å². The maximum atomic E-state index is 9.09. The number of ether oxygens (including phenoxy) is 1. The number of rotatable bonds is 4. The second-order valence-corrected chi connectivity index (χ2v) is 5.43. The molecule has 0 fully saturated rings. The van der Waals surface area contributed by atoms with Crippen LogP contribution in [0.1, 0.15) is 0 Å². The first-order chi connectivity index (χ1) is 10.3. The summed E-state index contributed by atoms with van der Waals surface area (Å²) in [5, 5.41) is 0.947. The zero-order valence-electron chi connectivity index (χ0n) is 11.4. The first-order valence-electron chi connectivity index (χ1n) is 6.69. The Balaban J connectivity index is 1.77. The molecule has 0 amide bonds. The van der Waals surface area contributed by atoms with Gasteiger partial charge in [0.15, 0.2) is 0 Å². The zero-order chi connectivity index (χ0) is 14.5. The number of hydrogen-bond acceptors (Lipinski definition) is 2. The Morgan fingerprint density at radius 3 is 1.71 bits per heavy atom. The van der Waals surface area contributed by atoms with Gasteiger partial charge in [-0.1, -0.05) is 54.6 Å². The third-order valence-corrected chi connectivity index (χ3v) is 3.77. The normalized spacial score (nSPS) is 10.3. The number of benzene rings is 3. The molecule has 1 N–H and O–H groups in total. The minimum Gasteiger partial charge on any atom is -0.457 e. The summed E-state index contributed by atoms with van der Waals surface area (Å²) in [6.45, 7) is 0. The van der Waals surface area contributed by atoms with Crippen LogP contribution in [0.2, 0.25) is 0 Å². The molecular formula is C18H14O2Si. The lowest BCUT2D eigenvalue weighted by atomic mass is 10.1. The highest BCUT2D eigenvalue weighted by Crippen LogP contribution is 2.25. The van der Waals surface area contributed by atoms with Crippen LogP contribution >= 0.6 is 0 Å². The van der Waals surface area contributed by atoms with Gasteiger partial charge in [0, 0.05) is 0 Å². The highest BCUT2D eigenvalue weighted by molar-refractivity contribution is 6.45. The van der Waals surface area contributed by atoms with E-state index in [1.54, 1.807) is 0 Å². The molecule has 3 heteroatoms. The Hall–Kier alpha value is -2.36. The molecule has 0 saturated heterocycles. The van der Waals surface area contributed by atoms with Crippen LogP contribution in [0.3, 0.4) is 0 Å². The summed E-state index contributed by atoms with van der Waals surface area (Å²) in [6.07, 6.45) is 0. The predicted molar refractivity (Wildman–Crippen MR) is 86.0 cm³/mol. The van der Waals surface area contributed by atoms with E-state index in [-0.39, 0.29) is 9.76 Å². The van der Waals surface area contributed by atoms with Crippen molar-refractivity contribution in [1.82, 2.24) is 0 Å². The Kier molecular flexibility index (Phi) is 4.14. The van der Waals surface area contributed by atoms with Crippen molar-refractivity contribution in [3.63, 3.8) is 0 Å². The van der Waals surface area contributed by atoms with Crippen molar-refractivity contribution >= 4 is 14.9 Å². The van der Waals surface area contributed by atoms with Crippen molar-refractivity contribution in [2.24, 2.45) is 0 Å². The smallest absolute Gasteiger partial charge is 0.265 e. The van der Waals surface area contributed by atoms with Gasteiger partial charge in [0.1, 0.15) is 11.5 Å². The van der Waals surface area contributed by atoms with Crippen molar-refractivity contribution < 1.29 is 9.53 Å². The van der Waals surface area contributed by atoms with E-state index in [0.717, 1.165) is 27.8 Å². The average molecular weight is 290 g/mol. The van der Waals surface area contributed by atoms with Crippen molar-refractivity contribution in [2.45, 2.75) is 0 Å². The summed E-state index contributed by atoms with van der Waals surface area (Å²) in [7, 11) is -0.154. The Labute approximate surface area is 126 Å². The molecule has 0 bridgehead atoms. The maximum Gasteiger partial charge on any atom is 0.265 e. The Morgan fingerprint density at radius 1 is 0.619 bits per heavy atom. The summed E-state index contributed by atoms with van der Waals surface area (Å²) in [6, 6.07) is 25.7. The van der Waals surface area contributed by atoms with Crippen molar-refractivity contribution in [2.75, 3.05) is 0 Å². The van der Waals surface area contributed by atoms with Gasteiger partial charge in [0.2, 0.25) is 0 Å². The fourth-order valence-electron chi connectivity index (χ4n) is 2.08. The van der Waals surface area contributed by atoms with E-state index < -0.39 is 0 Å². The molecule has 2 radical (unpaired) electrons. The third-order valence-electron chi connectivity index (χ3n) is 3.18. The lowest BCUT2D eigenvalue weighted by Gasteiger charge is -2.07. The summed E-state index contributed by atoms with van der Waals surface area (Å²) < 4.78 is 5.77. The molecule has 3 aromatic carbocycles. The van der Waals surface area contributed by atoms with Crippen LogP contribution in [0, 0.1) is 0 Å². The molecule has 0 heterocycles. The molecule has 2 nitrogen and oxygen atoms in total. The summed E-state index contributed by atoms with van der Waals surface area (Å²) in [4.78, 5) is 9.09. The quantitative estimate of drug-likeness (QED) is 0.746. The van der Waals surface area contributed by atoms with E-state index in [2.05, 4.69) is 0 Å². The van der Waals surface area contributed by atoms with Gasteiger partial charge in [-0.2, -0.15) is 0 Å². The lowest BCUT2D eigenvalue weighted by molar-refractivity contribution is 0.483. The van der Waals surface area contributed by atoms with Crippen LogP contribution in [-0.2, 0) is 0 Å². The molecular weight excluding hydrogens is 276 g/mol. The van der Waals surface area contributed by atoms with Gasteiger partial charge >= 0.3 is 0 Å². The fourth-order valence-corrected chi connectivity index (χ4v) is 2.39. The predicted octanol–water partition coefficient (Wildman–Crippen LogP) is 3.38. The standard InChI is InChI=1S/C18H14O2Si/c19-21-18-12-8-15(9-13-18)14-6-10-17(11-7-14)20-16-4-2-1-3-5-16/h1-13,19H. The van der Waals surface area contributed by atoms with Gasteiger partial charge in [0.25, 0.3) is 9.76 Å². The number of para-hydroxylation sites is 1. The molecule has 0 aromatic heterocycles. The summed E-state index contributed by atoms with van der Waals surface area (Å²) in [5.74, 6) is 1.65. The topological polar surface area (TPSA) is 29.5 Å². The van der Waals surface area contributed by atoms with E-state index in [1.165, 1.54) is 0 Å². The monoisotopic (exact) mass is 290 g/mol. The van der Waals surface area contributed by atoms with Crippen molar-refractivity contribution in [3.8, 4) is 22.6 Å². The minimum atomic E-state index is -0.154. The van der Waals surface area contributed by atoms with Gasteiger partial charge in [0.05, 0.1) is 0 Å². The summed E-state index contributed by atoms with van der Waals surface area (Å²) >= 11 is 0. The SMILES string of the molecule is O[Si]c1ccc(-c2ccc(Oc3ccccc3)cc2)cc1. The molecule has 0 unspecified atom stereocenters. The molecule has 0 saturated carbocycles. The van der Waals surface area contributed by atoms with Gasteiger partial charge < -0.3 is 9.53 Å². The van der Waals surface area contributed by atoms with Gasteiger partial charge in [-0.25, -0.2) is 0 Å². The van der Waals surface area contributed by atoms with Crippen molar-refractivity contribution in [3.05, 3.63) is 78.9 Å². The molecule has 0 aliphatic carbocycles. The first kappa shape index (κ1) is 13.6. The molecule has 3 rings (SSSR count). The molecule has 0 aliphatic rings. The molecule has 0 aliphatic heterocycles. The molecule has 102 valence electrons. The molecule has 0 spiro atoms. The van der Waals surface area contributed by atoms with E-state index in [0.29, 0.717) is 0 Å². The Bertz CT molecular complexity index is 692. The van der Waals surface area contributed by atoms with Gasteiger partial charge in [-0.05, 0) is 40.6 Å². The van der Waals surface area contributed by atoms with Gasteiger partial charge in [-0.15, -0.1) is 0 Å². The molecule has 0 atom stereocenters. The second kappa shape index (κ2) is 6.39. The second-order valence-electron chi connectivity index (χ2n) is 4.63. The van der Waals surface area contributed by atoms with E-state index >= 15 is 0 Å². The molecule has 3 aromatic rings. The van der Waals surface area contributed by atoms with Crippen LogP contribution in [0.15, 0.2) is 78.9 Å². The first-order valence-corrected chi connectivity index (χ1v) is 7.63. The van der Waals surface area contributed by atoms with E-state index in [9.17, 15) is 0 Å². The van der Waals surface area contributed by atoms with Crippen LogP contribution in [0.25, 0.3) is 11.1 Å². The van der Waals surface area contributed by atoms with Crippen LogP contribution in [0.5, 0.6) is 11.5 Å². The van der Waals surface area contributed by atoms with Crippen molar-refractivity contribution in [1.29, 1.82) is 0 Å². The maximum absolute atomic E-state index is 9.09. The van der Waals surface area contributed by atoms with Gasteiger partial charge in [-0.3, -0.25) is 0 Å². The summed E-state index contributed by atoms with van der Waals surface area (Å²) in [5.41, 5.74) is 2.26.